The molecule has 3 N–H and O–H groups in total. The van der Waals surface area contributed by atoms with E-state index in [9.17, 15) is 4.79 Å². The van der Waals surface area contributed by atoms with Crippen molar-refractivity contribution in [2.24, 2.45) is 17.6 Å². The molecule has 1 saturated heterocycles. The summed E-state index contributed by atoms with van der Waals surface area (Å²) in [6, 6.07) is 0.377. The summed E-state index contributed by atoms with van der Waals surface area (Å²) in [5.41, 5.74) is 5.60. The number of nitrogens with two attached hydrogens (primary N) is 1. The van der Waals surface area contributed by atoms with Crippen LogP contribution in [0.2, 0.25) is 0 Å². The van der Waals surface area contributed by atoms with E-state index in [1.165, 1.54) is 38.5 Å². The van der Waals surface area contributed by atoms with Crippen LogP contribution in [-0.2, 0) is 9.53 Å². The maximum atomic E-state index is 12.3. The van der Waals surface area contributed by atoms with Crippen molar-refractivity contribution in [3.8, 4) is 0 Å². The Morgan fingerprint density at radius 3 is 2.60 bits per heavy atom. The summed E-state index contributed by atoms with van der Waals surface area (Å²) >= 11 is 0. The van der Waals surface area contributed by atoms with Gasteiger partial charge in [-0.3, -0.25) is 4.79 Å². The van der Waals surface area contributed by atoms with Crippen LogP contribution in [0.5, 0.6) is 0 Å². The predicted molar refractivity (Wildman–Crippen MR) is 78.2 cm³/mol. The van der Waals surface area contributed by atoms with Gasteiger partial charge in [0.25, 0.3) is 0 Å². The van der Waals surface area contributed by atoms with Crippen LogP contribution < -0.4 is 11.1 Å². The first-order valence-electron chi connectivity index (χ1n) is 8.42. The fourth-order valence-electron chi connectivity index (χ4n) is 4.37. The number of fused-ring (bicyclic) bond motifs is 1. The van der Waals surface area contributed by atoms with E-state index >= 15 is 0 Å². The van der Waals surface area contributed by atoms with Gasteiger partial charge in [-0.1, -0.05) is 25.7 Å². The van der Waals surface area contributed by atoms with E-state index < -0.39 is 0 Å². The molecule has 2 aliphatic carbocycles. The SMILES string of the molecule is NC[C@H]1CC[C@@H](C(=O)NC2CCC3CCCCC3C2)O1. The third-order valence-electron chi connectivity index (χ3n) is 5.55. The highest BCUT2D eigenvalue weighted by Crippen LogP contribution is 2.40. The molecule has 0 spiro atoms. The Morgan fingerprint density at radius 2 is 1.85 bits per heavy atom. The standard InChI is InChI=1S/C16H28N2O2/c17-10-14-7-8-15(20-14)16(19)18-13-6-5-11-3-1-2-4-12(11)9-13/h11-15H,1-10,17H2,(H,18,19)/t11?,12?,13?,14-,15+/m1/s1. The molecule has 3 aliphatic rings. The second kappa shape index (κ2) is 6.44. The van der Waals surface area contributed by atoms with Gasteiger partial charge in [-0.05, 0) is 43.9 Å². The highest BCUT2D eigenvalue weighted by atomic mass is 16.5. The molecule has 5 atom stereocenters. The van der Waals surface area contributed by atoms with Crippen molar-refractivity contribution >= 4 is 5.91 Å². The third kappa shape index (κ3) is 3.17. The summed E-state index contributed by atoms with van der Waals surface area (Å²) in [7, 11) is 0. The highest BCUT2D eigenvalue weighted by Gasteiger charge is 2.35. The van der Waals surface area contributed by atoms with Crippen LogP contribution in [0.3, 0.4) is 0 Å². The van der Waals surface area contributed by atoms with Crippen LogP contribution in [0.4, 0.5) is 0 Å². The average Bonchev–Trinajstić information content (AvgIpc) is 2.96. The quantitative estimate of drug-likeness (QED) is 0.830. The van der Waals surface area contributed by atoms with E-state index in [0.29, 0.717) is 12.6 Å². The lowest BCUT2D eigenvalue weighted by Gasteiger charge is -2.39. The van der Waals surface area contributed by atoms with Crippen molar-refractivity contribution in [1.82, 2.24) is 5.32 Å². The minimum absolute atomic E-state index is 0.0832. The van der Waals surface area contributed by atoms with Gasteiger partial charge in [0.2, 0.25) is 5.91 Å². The maximum Gasteiger partial charge on any atom is 0.249 e. The molecule has 3 unspecified atom stereocenters. The molecule has 0 aromatic heterocycles. The summed E-state index contributed by atoms with van der Waals surface area (Å²) in [6.07, 6.45) is 10.8. The van der Waals surface area contributed by atoms with Crippen molar-refractivity contribution in [3.63, 3.8) is 0 Å². The third-order valence-corrected chi connectivity index (χ3v) is 5.55. The highest BCUT2D eigenvalue weighted by molar-refractivity contribution is 5.81. The molecule has 1 aliphatic heterocycles. The summed E-state index contributed by atoms with van der Waals surface area (Å²) in [5.74, 6) is 1.88. The predicted octanol–water partition coefficient (Wildman–Crippen LogP) is 1.97. The lowest BCUT2D eigenvalue weighted by atomic mass is 9.69. The fourth-order valence-corrected chi connectivity index (χ4v) is 4.37. The summed E-state index contributed by atoms with van der Waals surface area (Å²) in [6.45, 7) is 0.525. The van der Waals surface area contributed by atoms with Crippen molar-refractivity contribution in [3.05, 3.63) is 0 Å². The van der Waals surface area contributed by atoms with Crippen LogP contribution in [0.15, 0.2) is 0 Å². The van der Waals surface area contributed by atoms with Gasteiger partial charge in [0.1, 0.15) is 6.10 Å². The van der Waals surface area contributed by atoms with Crippen LogP contribution in [0.1, 0.15) is 57.8 Å². The van der Waals surface area contributed by atoms with E-state index in [2.05, 4.69) is 5.32 Å². The van der Waals surface area contributed by atoms with Gasteiger partial charge in [-0.2, -0.15) is 0 Å². The molecule has 114 valence electrons. The molecule has 2 saturated carbocycles. The van der Waals surface area contributed by atoms with Crippen LogP contribution in [0.25, 0.3) is 0 Å². The molecule has 3 rings (SSSR count). The summed E-state index contributed by atoms with van der Waals surface area (Å²) < 4.78 is 5.68. The minimum Gasteiger partial charge on any atom is -0.364 e. The van der Waals surface area contributed by atoms with Crippen LogP contribution >= 0.6 is 0 Å². The Hall–Kier alpha value is -0.610. The second-order valence-corrected chi connectivity index (χ2v) is 6.88. The molecule has 0 radical (unpaired) electrons. The lowest BCUT2D eigenvalue weighted by Crippen LogP contribution is -2.45. The zero-order chi connectivity index (χ0) is 13.9. The fraction of sp³-hybridized carbons (Fsp3) is 0.938. The van der Waals surface area contributed by atoms with Crippen LogP contribution in [0, 0.1) is 11.8 Å². The number of nitrogens with one attached hydrogen (secondary N) is 1. The second-order valence-electron chi connectivity index (χ2n) is 6.88. The molecule has 0 bridgehead atoms. The zero-order valence-corrected chi connectivity index (χ0v) is 12.4. The first-order chi connectivity index (χ1) is 9.76. The first kappa shape index (κ1) is 14.3. The van der Waals surface area contributed by atoms with Gasteiger partial charge >= 0.3 is 0 Å². The van der Waals surface area contributed by atoms with Crippen molar-refractivity contribution < 1.29 is 9.53 Å². The lowest BCUT2D eigenvalue weighted by molar-refractivity contribution is -0.133. The number of rotatable bonds is 3. The van der Waals surface area contributed by atoms with E-state index in [1.807, 2.05) is 0 Å². The van der Waals surface area contributed by atoms with E-state index in [0.717, 1.165) is 31.1 Å². The molecule has 0 aromatic rings. The number of hydrogen-bond acceptors (Lipinski definition) is 3. The monoisotopic (exact) mass is 280 g/mol. The van der Waals surface area contributed by atoms with Crippen molar-refractivity contribution in [2.45, 2.75) is 76.0 Å². The Bertz CT molecular complexity index is 347. The normalized spacial score (nSPS) is 41.1. The van der Waals surface area contributed by atoms with Crippen LogP contribution in [-0.4, -0.2) is 30.7 Å². The van der Waals surface area contributed by atoms with Gasteiger partial charge in [-0.25, -0.2) is 0 Å². The topological polar surface area (TPSA) is 64.4 Å². The van der Waals surface area contributed by atoms with E-state index in [-0.39, 0.29) is 18.1 Å². The molecule has 1 heterocycles. The number of amides is 1. The smallest absolute Gasteiger partial charge is 0.249 e. The Balaban J connectivity index is 1.47. The Kier molecular flexibility index (Phi) is 4.61. The van der Waals surface area contributed by atoms with Gasteiger partial charge in [0.15, 0.2) is 0 Å². The van der Waals surface area contributed by atoms with E-state index in [1.54, 1.807) is 0 Å². The Morgan fingerprint density at radius 1 is 1.05 bits per heavy atom. The minimum atomic E-state index is -0.257. The molecule has 4 heteroatoms. The molecule has 20 heavy (non-hydrogen) atoms. The number of ether oxygens (including phenoxy) is 1. The van der Waals surface area contributed by atoms with Gasteiger partial charge in [0.05, 0.1) is 6.10 Å². The average molecular weight is 280 g/mol. The first-order valence-corrected chi connectivity index (χ1v) is 8.42. The molecule has 0 aromatic carbocycles. The molecule has 3 fully saturated rings. The number of hydrogen-bond donors (Lipinski definition) is 2. The number of carbonyl (C=O) groups is 1. The molecule has 1 amide bonds. The van der Waals surface area contributed by atoms with Crippen molar-refractivity contribution in [2.75, 3.05) is 6.54 Å². The number of carbonyl (C=O) groups excluding carboxylic acids is 1. The summed E-state index contributed by atoms with van der Waals surface area (Å²) in [4.78, 5) is 12.3. The van der Waals surface area contributed by atoms with Gasteiger partial charge < -0.3 is 15.8 Å². The van der Waals surface area contributed by atoms with Gasteiger partial charge in [-0.15, -0.1) is 0 Å². The molecular formula is C16H28N2O2. The Labute approximate surface area is 121 Å². The van der Waals surface area contributed by atoms with E-state index in [4.69, 9.17) is 10.5 Å². The largest absolute Gasteiger partial charge is 0.364 e. The zero-order valence-electron chi connectivity index (χ0n) is 12.4. The molecule has 4 nitrogen and oxygen atoms in total. The van der Waals surface area contributed by atoms with Crippen molar-refractivity contribution in [1.29, 1.82) is 0 Å². The van der Waals surface area contributed by atoms with Gasteiger partial charge in [0, 0.05) is 12.6 Å². The summed E-state index contributed by atoms with van der Waals surface area (Å²) in [5, 5.41) is 3.23. The maximum absolute atomic E-state index is 12.3. The molecular weight excluding hydrogens is 252 g/mol.